The van der Waals surface area contributed by atoms with E-state index in [9.17, 15) is 13.2 Å². The molecule has 0 atom stereocenters. The highest BCUT2D eigenvalue weighted by Gasteiger charge is 2.31. The summed E-state index contributed by atoms with van der Waals surface area (Å²) < 4.78 is 32.3. The third-order valence-electron chi connectivity index (χ3n) is 3.51. The first kappa shape index (κ1) is 19.1. The van der Waals surface area contributed by atoms with E-state index in [1.165, 1.54) is 4.31 Å². The number of hydrogen-bond acceptors (Lipinski definition) is 6. The van der Waals surface area contributed by atoms with Gasteiger partial charge in [0.25, 0.3) is 10.0 Å². The van der Waals surface area contributed by atoms with Gasteiger partial charge in [-0.1, -0.05) is 30.3 Å². The van der Waals surface area contributed by atoms with Gasteiger partial charge in [0.1, 0.15) is 5.56 Å². The number of benzene rings is 1. The highest BCUT2D eigenvalue weighted by Crippen LogP contribution is 2.21. The van der Waals surface area contributed by atoms with Crippen LogP contribution in [-0.4, -0.2) is 48.6 Å². The summed E-state index contributed by atoms with van der Waals surface area (Å²) >= 11 is 0. The molecule has 0 spiro atoms. The quantitative estimate of drug-likeness (QED) is 0.642. The molecule has 136 valence electrons. The largest absolute Gasteiger partial charge is 0.462 e. The van der Waals surface area contributed by atoms with Crippen LogP contribution in [0, 0.1) is 0 Å². The third-order valence-corrected chi connectivity index (χ3v) is 5.33. The molecule has 0 saturated carbocycles. The van der Waals surface area contributed by atoms with Crippen LogP contribution in [-0.2, 0) is 21.3 Å². The summed E-state index contributed by atoms with van der Waals surface area (Å²) in [7, 11) is -3.96. The Morgan fingerprint density at radius 2 is 2.04 bits per heavy atom. The predicted molar refractivity (Wildman–Crippen MR) is 92.3 cm³/mol. The van der Waals surface area contributed by atoms with Crippen LogP contribution >= 0.6 is 0 Å². The minimum absolute atomic E-state index is 0.104. The van der Waals surface area contributed by atoms with Gasteiger partial charge in [-0.25, -0.2) is 13.2 Å². The van der Waals surface area contributed by atoms with E-state index in [0.29, 0.717) is 13.0 Å². The van der Waals surface area contributed by atoms with E-state index in [4.69, 9.17) is 10.5 Å². The number of carbonyl (C=O) groups excluding carboxylic acids is 1. The predicted octanol–water partition coefficient (Wildman–Crippen LogP) is 1.13. The second kappa shape index (κ2) is 8.75. The summed E-state index contributed by atoms with van der Waals surface area (Å²) in [5.74, 6) is -0.728. The highest BCUT2D eigenvalue weighted by molar-refractivity contribution is 7.89. The van der Waals surface area contributed by atoms with E-state index in [0.717, 1.165) is 11.8 Å². The molecule has 1 aromatic heterocycles. The van der Waals surface area contributed by atoms with Crippen molar-refractivity contribution >= 4 is 16.0 Å². The van der Waals surface area contributed by atoms with Crippen LogP contribution in [0.5, 0.6) is 0 Å². The number of ether oxygens (including phenoxy) is 1. The van der Waals surface area contributed by atoms with E-state index in [1.54, 1.807) is 6.92 Å². The molecule has 9 heteroatoms. The fourth-order valence-corrected chi connectivity index (χ4v) is 3.82. The van der Waals surface area contributed by atoms with Crippen molar-refractivity contribution in [2.24, 2.45) is 5.73 Å². The summed E-state index contributed by atoms with van der Waals surface area (Å²) in [5.41, 5.74) is 6.26. The van der Waals surface area contributed by atoms with Gasteiger partial charge in [0.15, 0.2) is 5.03 Å². The highest BCUT2D eigenvalue weighted by atomic mass is 32.2. The zero-order valence-electron chi connectivity index (χ0n) is 14.0. The lowest BCUT2D eigenvalue weighted by Gasteiger charge is -2.21. The lowest BCUT2D eigenvalue weighted by atomic mass is 10.2. The average molecular weight is 366 g/mol. The smallest absolute Gasteiger partial charge is 0.342 e. The third kappa shape index (κ3) is 4.65. The van der Waals surface area contributed by atoms with Crippen LogP contribution in [0.4, 0.5) is 0 Å². The first-order chi connectivity index (χ1) is 12.0. The van der Waals surface area contributed by atoms with Gasteiger partial charge in [-0.15, -0.1) is 0 Å². The van der Waals surface area contributed by atoms with E-state index >= 15 is 0 Å². The number of nitrogens with two attached hydrogens (primary N) is 1. The van der Waals surface area contributed by atoms with Crippen molar-refractivity contribution in [1.29, 1.82) is 0 Å². The summed E-state index contributed by atoms with van der Waals surface area (Å²) in [6, 6.07) is 9.21. The zero-order chi connectivity index (χ0) is 18.3. The van der Waals surface area contributed by atoms with Gasteiger partial charge in [-0.2, -0.15) is 9.40 Å². The molecule has 1 heterocycles. The Kier molecular flexibility index (Phi) is 6.68. The van der Waals surface area contributed by atoms with Gasteiger partial charge in [0.2, 0.25) is 0 Å². The Bertz CT molecular complexity index is 789. The Morgan fingerprint density at radius 1 is 1.32 bits per heavy atom. The first-order valence-electron chi connectivity index (χ1n) is 7.95. The van der Waals surface area contributed by atoms with Crippen molar-refractivity contribution in [3.63, 3.8) is 0 Å². The number of H-pyrrole nitrogens is 1. The van der Waals surface area contributed by atoms with Crippen molar-refractivity contribution in [1.82, 2.24) is 14.5 Å². The topological polar surface area (TPSA) is 118 Å². The monoisotopic (exact) mass is 366 g/mol. The molecule has 2 rings (SSSR count). The Labute approximate surface area is 147 Å². The minimum Gasteiger partial charge on any atom is -0.462 e. The Hall–Kier alpha value is -2.23. The molecule has 0 amide bonds. The van der Waals surface area contributed by atoms with E-state index < -0.39 is 16.0 Å². The molecular formula is C16H22N4O4S. The SMILES string of the molecule is CCOC(=O)c1cn[nH]c1S(=O)(=O)N(CCCN)Cc1ccccc1. The number of sulfonamides is 1. The maximum absolute atomic E-state index is 13.0. The van der Waals surface area contributed by atoms with Crippen LogP contribution in [0.3, 0.4) is 0 Å². The number of nitrogens with zero attached hydrogens (tertiary/aromatic N) is 2. The van der Waals surface area contributed by atoms with Gasteiger partial charge in [-0.05, 0) is 25.5 Å². The maximum atomic E-state index is 13.0. The minimum atomic E-state index is -3.96. The standard InChI is InChI=1S/C16H22N4O4S/c1-2-24-16(21)14-11-18-19-15(14)25(22,23)20(10-6-9-17)12-13-7-4-3-5-8-13/h3-5,7-8,11H,2,6,9-10,12,17H2,1H3,(H,18,19). The lowest BCUT2D eigenvalue weighted by Crippen LogP contribution is -2.33. The van der Waals surface area contributed by atoms with Gasteiger partial charge in [0, 0.05) is 13.1 Å². The molecule has 0 bridgehead atoms. The molecule has 8 nitrogen and oxygen atoms in total. The normalized spacial score (nSPS) is 11.6. The molecule has 0 aliphatic rings. The van der Waals surface area contributed by atoms with Crippen LogP contribution in [0.15, 0.2) is 41.6 Å². The molecule has 2 aromatic rings. The van der Waals surface area contributed by atoms with E-state index in [1.807, 2.05) is 30.3 Å². The van der Waals surface area contributed by atoms with Crippen LogP contribution in [0.25, 0.3) is 0 Å². The van der Waals surface area contributed by atoms with Crippen LogP contribution in [0.1, 0.15) is 29.3 Å². The zero-order valence-corrected chi connectivity index (χ0v) is 14.8. The average Bonchev–Trinajstić information content (AvgIpc) is 3.10. The summed E-state index contributed by atoms with van der Waals surface area (Å²) in [5, 5.41) is 5.86. The van der Waals surface area contributed by atoms with Gasteiger partial charge in [0.05, 0.1) is 12.8 Å². The summed E-state index contributed by atoms with van der Waals surface area (Å²) in [6.45, 7) is 2.55. The van der Waals surface area contributed by atoms with Crippen molar-refractivity contribution in [3.05, 3.63) is 47.7 Å². The number of hydrogen-bond donors (Lipinski definition) is 2. The molecule has 0 aliphatic heterocycles. The second-order valence-electron chi connectivity index (χ2n) is 5.30. The van der Waals surface area contributed by atoms with Gasteiger partial charge < -0.3 is 10.5 Å². The fraction of sp³-hybridized carbons (Fsp3) is 0.375. The number of carbonyl (C=O) groups is 1. The first-order valence-corrected chi connectivity index (χ1v) is 9.39. The number of esters is 1. The van der Waals surface area contributed by atoms with Crippen LogP contribution < -0.4 is 5.73 Å². The Balaban J connectivity index is 2.35. The number of aromatic amines is 1. The van der Waals surface area contributed by atoms with E-state index in [2.05, 4.69) is 10.2 Å². The number of nitrogens with one attached hydrogen (secondary N) is 1. The number of aromatic nitrogens is 2. The van der Waals surface area contributed by atoms with Crippen molar-refractivity contribution in [3.8, 4) is 0 Å². The second-order valence-corrected chi connectivity index (χ2v) is 7.17. The molecule has 0 aliphatic carbocycles. The maximum Gasteiger partial charge on any atom is 0.342 e. The van der Waals surface area contributed by atoms with Gasteiger partial charge >= 0.3 is 5.97 Å². The fourth-order valence-electron chi connectivity index (χ4n) is 2.29. The molecule has 3 N–H and O–H groups in total. The van der Waals surface area contributed by atoms with Crippen molar-refractivity contribution in [2.75, 3.05) is 19.7 Å². The molecule has 0 radical (unpaired) electrons. The molecular weight excluding hydrogens is 344 g/mol. The molecule has 0 fully saturated rings. The molecule has 0 saturated heterocycles. The number of rotatable bonds is 9. The van der Waals surface area contributed by atoms with Crippen molar-refractivity contribution in [2.45, 2.75) is 24.9 Å². The lowest BCUT2D eigenvalue weighted by molar-refractivity contribution is 0.0521. The summed E-state index contributed by atoms with van der Waals surface area (Å²) in [4.78, 5) is 12.0. The molecule has 25 heavy (non-hydrogen) atoms. The van der Waals surface area contributed by atoms with E-state index in [-0.39, 0.29) is 30.3 Å². The molecule has 0 unspecified atom stereocenters. The summed E-state index contributed by atoms with van der Waals surface area (Å²) in [6.07, 6.45) is 1.66. The molecule has 1 aromatic carbocycles. The Morgan fingerprint density at radius 3 is 2.68 bits per heavy atom. The van der Waals surface area contributed by atoms with Crippen LogP contribution in [0.2, 0.25) is 0 Å². The van der Waals surface area contributed by atoms with Crippen molar-refractivity contribution < 1.29 is 17.9 Å². The van der Waals surface area contributed by atoms with Gasteiger partial charge in [-0.3, -0.25) is 5.10 Å².